The van der Waals surface area contributed by atoms with Crippen LogP contribution in [0.3, 0.4) is 0 Å². The summed E-state index contributed by atoms with van der Waals surface area (Å²) in [6.45, 7) is -0.677. The summed E-state index contributed by atoms with van der Waals surface area (Å²) < 4.78 is 24.5. The Morgan fingerprint density at radius 1 is 1.28 bits per heavy atom. The monoisotopic (exact) mass is 255 g/mol. The van der Waals surface area contributed by atoms with Crippen LogP contribution in [-0.2, 0) is 11.2 Å². The molecule has 0 bridgehead atoms. The molecule has 0 saturated carbocycles. The van der Waals surface area contributed by atoms with Gasteiger partial charge in [-0.15, -0.1) is 0 Å². The molecule has 1 N–H and O–H groups in total. The molecule has 1 aliphatic rings. The maximum atomic E-state index is 12.2. The standard InChI is InChI=1S/C12H11F2NO3/c13-11(14)9(16)6-15-10(17)5-7-3-1-2-4-8(7)12(15)18/h1-4,9,11,16H,5-6H2. The Balaban J connectivity index is 2.24. The molecule has 1 aliphatic heterocycles. The number of fused-ring (bicyclic) bond motifs is 1. The number of rotatable bonds is 3. The number of hydrogen-bond acceptors (Lipinski definition) is 3. The predicted octanol–water partition coefficient (Wildman–Crippen LogP) is 0.837. The van der Waals surface area contributed by atoms with Gasteiger partial charge in [0.05, 0.1) is 13.0 Å². The molecule has 0 spiro atoms. The number of aliphatic hydroxyl groups is 1. The van der Waals surface area contributed by atoms with Crippen LogP contribution in [0.25, 0.3) is 0 Å². The van der Waals surface area contributed by atoms with Crippen molar-refractivity contribution in [1.82, 2.24) is 4.90 Å². The first-order valence-corrected chi connectivity index (χ1v) is 5.39. The molecule has 1 aromatic carbocycles. The molecule has 0 fully saturated rings. The number of β-amino-alcohol motifs (C(OH)–C–C–N with tert-alkyl or cyclic N) is 1. The first-order valence-electron chi connectivity index (χ1n) is 5.39. The molecular weight excluding hydrogens is 244 g/mol. The molecule has 0 aromatic heterocycles. The van der Waals surface area contributed by atoms with Crippen molar-refractivity contribution < 1.29 is 23.5 Å². The summed E-state index contributed by atoms with van der Waals surface area (Å²) in [5, 5.41) is 9.07. The highest BCUT2D eigenvalue weighted by molar-refractivity contribution is 6.09. The third-order valence-corrected chi connectivity index (χ3v) is 2.80. The molecule has 0 aliphatic carbocycles. The largest absolute Gasteiger partial charge is 0.385 e. The second-order valence-corrected chi connectivity index (χ2v) is 4.05. The number of imide groups is 1. The van der Waals surface area contributed by atoms with Crippen LogP contribution in [0.5, 0.6) is 0 Å². The Labute approximate surface area is 102 Å². The summed E-state index contributed by atoms with van der Waals surface area (Å²) >= 11 is 0. The first-order chi connectivity index (χ1) is 8.50. The average molecular weight is 255 g/mol. The minimum absolute atomic E-state index is 0.0160. The number of alkyl halides is 2. The van der Waals surface area contributed by atoms with Gasteiger partial charge in [-0.25, -0.2) is 8.78 Å². The fourth-order valence-electron chi connectivity index (χ4n) is 1.85. The van der Waals surface area contributed by atoms with Gasteiger partial charge in [0.25, 0.3) is 12.3 Å². The first kappa shape index (κ1) is 12.6. The van der Waals surface area contributed by atoms with Crippen LogP contribution in [0.2, 0.25) is 0 Å². The fraction of sp³-hybridized carbons (Fsp3) is 0.333. The van der Waals surface area contributed by atoms with E-state index >= 15 is 0 Å². The van der Waals surface area contributed by atoms with E-state index in [0.717, 1.165) is 0 Å². The Bertz CT molecular complexity index is 490. The van der Waals surface area contributed by atoms with E-state index in [-0.39, 0.29) is 6.42 Å². The van der Waals surface area contributed by atoms with Crippen molar-refractivity contribution >= 4 is 11.8 Å². The van der Waals surface area contributed by atoms with Crippen molar-refractivity contribution in [2.24, 2.45) is 0 Å². The molecule has 2 amide bonds. The van der Waals surface area contributed by atoms with Gasteiger partial charge >= 0.3 is 0 Å². The highest BCUT2D eigenvalue weighted by Crippen LogP contribution is 2.20. The molecule has 1 aromatic rings. The minimum Gasteiger partial charge on any atom is -0.385 e. The maximum absolute atomic E-state index is 12.2. The Morgan fingerprint density at radius 3 is 2.61 bits per heavy atom. The van der Waals surface area contributed by atoms with Gasteiger partial charge in [0.15, 0.2) is 0 Å². The van der Waals surface area contributed by atoms with Crippen molar-refractivity contribution in [2.75, 3.05) is 6.54 Å². The molecule has 18 heavy (non-hydrogen) atoms. The second-order valence-electron chi connectivity index (χ2n) is 4.05. The lowest BCUT2D eigenvalue weighted by molar-refractivity contribution is -0.130. The zero-order valence-corrected chi connectivity index (χ0v) is 9.35. The van der Waals surface area contributed by atoms with E-state index in [2.05, 4.69) is 0 Å². The van der Waals surface area contributed by atoms with E-state index in [0.29, 0.717) is 16.0 Å². The highest BCUT2D eigenvalue weighted by Gasteiger charge is 2.33. The summed E-state index contributed by atoms with van der Waals surface area (Å²) in [6.07, 6.45) is -5.01. The van der Waals surface area contributed by atoms with Crippen molar-refractivity contribution in [2.45, 2.75) is 19.0 Å². The van der Waals surface area contributed by atoms with Gasteiger partial charge in [0.2, 0.25) is 5.91 Å². The number of hydrogen-bond donors (Lipinski definition) is 1. The summed E-state index contributed by atoms with van der Waals surface area (Å²) in [5.41, 5.74) is 0.897. The third-order valence-electron chi connectivity index (χ3n) is 2.80. The SMILES string of the molecule is O=C1Cc2ccccc2C(=O)N1CC(O)C(F)F. The van der Waals surface area contributed by atoms with Gasteiger partial charge in [-0.3, -0.25) is 14.5 Å². The number of carbonyl (C=O) groups excluding carboxylic acids is 2. The Morgan fingerprint density at radius 2 is 1.94 bits per heavy atom. The van der Waals surface area contributed by atoms with Gasteiger partial charge in [-0.1, -0.05) is 18.2 Å². The quantitative estimate of drug-likeness (QED) is 0.814. The van der Waals surface area contributed by atoms with Crippen LogP contribution < -0.4 is 0 Å². The average Bonchev–Trinajstić information content (AvgIpc) is 2.34. The third kappa shape index (κ3) is 2.24. The number of nitrogens with zero attached hydrogens (tertiary/aromatic N) is 1. The molecule has 96 valence electrons. The number of halogens is 2. The minimum atomic E-state index is -2.98. The summed E-state index contributed by atoms with van der Waals surface area (Å²) in [5.74, 6) is -1.21. The predicted molar refractivity (Wildman–Crippen MR) is 58.2 cm³/mol. The molecule has 2 rings (SSSR count). The second kappa shape index (κ2) is 4.81. The summed E-state index contributed by atoms with van der Waals surface area (Å²) in [4.78, 5) is 24.3. The van der Waals surface area contributed by atoms with Gasteiger partial charge in [0.1, 0.15) is 6.10 Å². The fourth-order valence-corrected chi connectivity index (χ4v) is 1.85. The van der Waals surface area contributed by atoms with Crippen LogP contribution in [0, 0.1) is 0 Å². The van der Waals surface area contributed by atoms with Crippen LogP contribution in [0.4, 0.5) is 8.78 Å². The highest BCUT2D eigenvalue weighted by atomic mass is 19.3. The molecule has 1 heterocycles. The van der Waals surface area contributed by atoms with Crippen LogP contribution in [0.15, 0.2) is 24.3 Å². The van der Waals surface area contributed by atoms with Gasteiger partial charge in [-0.2, -0.15) is 0 Å². The van der Waals surface area contributed by atoms with E-state index in [1.807, 2.05) is 0 Å². The van der Waals surface area contributed by atoms with Gasteiger partial charge in [0, 0.05) is 5.56 Å². The van der Waals surface area contributed by atoms with Crippen molar-refractivity contribution in [3.8, 4) is 0 Å². The lowest BCUT2D eigenvalue weighted by Gasteiger charge is -2.28. The molecule has 6 heteroatoms. The smallest absolute Gasteiger partial charge is 0.265 e. The number of carbonyl (C=O) groups is 2. The van der Waals surface area contributed by atoms with Crippen molar-refractivity contribution in [1.29, 1.82) is 0 Å². The molecule has 4 nitrogen and oxygen atoms in total. The van der Waals surface area contributed by atoms with Crippen LogP contribution in [-0.4, -0.2) is 40.9 Å². The van der Waals surface area contributed by atoms with Crippen molar-refractivity contribution in [3.05, 3.63) is 35.4 Å². The molecule has 0 radical (unpaired) electrons. The summed E-state index contributed by atoms with van der Waals surface area (Å²) in [6, 6.07) is 6.51. The summed E-state index contributed by atoms with van der Waals surface area (Å²) in [7, 11) is 0. The van der Waals surface area contributed by atoms with E-state index in [9.17, 15) is 18.4 Å². The molecule has 0 saturated heterocycles. The lowest BCUT2D eigenvalue weighted by atomic mass is 9.98. The van der Waals surface area contributed by atoms with Crippen LogP contribution >= 0.6 is 0 Å². The van der Waals surface area contributed by atoms with E-state index in [1.165, 1.54) is 6.07 Å². The Kier molecular flexibility index (Phi) is 3.38. The topological polar surface area (TPSA) is 57.6 Å². The molecule has 1 atom stereocenters. The Hall–Kier alpha value is -1.82. The van der Waals surface area contributed by atoms with Crippen LogP contribution in [0.1, 0.15) is 15.9 Å². The zero-order valence-electron chi connectivity index (χ0n) is 9.35. The molecule has 1 unspecified atom stereocenters. The van der Waals surface area contributed by atoms with Crippen molar-refractivity contribution in [3.63, 3.8) is 0 Å². The zero-order chi connectivity index (χ0) is 13.3. The van der Waals surface area contributed by atoms with E-state index < -0.39 is 30.9 Å². The van der Waals surface area contributed by atoms with Gasteiger partial charge in [-0.05, 0) is 11.6 Å². The van der Waals surface area contributed by atoms with E-state index in [1.54, 1.807) is 18.2 Å². The normalized spacial score (nSPS) is 17.0. The number of aliphatic hydroxyl groups excluding tert-OH is 1. The van der Waals surface area contributed by atoms with Gasteiger partial charge < -0.3 is 5.11 Å². The lowest BCUT2D eigenvalue weighted by Crippen LogP contribution is -2.47. The van der Waals surface area contributed by atoms with E-state index in [4.69, 9.17) is 5.11 Å². The maximum Gasteiger partial charge on any atom is 0.265 e. The number of benzene rings is 1. The molecular formula is C12H11F2NO3. The number of amides is 2.